The predicted molar refractivity (Wildman–Crippen MR) is 99.7 cm³/mol. The number of sulfonamides is 2. The van der Waals surface area contributed by atoms with E-state index in [2.05, 4.69) is 0 Å². The van der Waals surface area contributed by atoms with E-state index in [0.717, 1.165) is 22.0 Å². The lowest BCUT2D eigenvalue weighted by atomic mass is 10.2. The highest BCUT2D eigenvalue weighted by molar-refractivity contribution is 7.89. The van der Waals surface area contributed by atoms with Gasteiger partial charge in [-0.3, -0.25) is 0 Å². The van der Waals surface area contributed by atoms with E-state index in [1.54, 1.807) is 12.1 Å². The molecule has 2 aromatic rings. The average Bonchev–Trinajstić information content (AvgIpc) is 2.89. The van der Waals surface area contributed by atoms with Gasteiger partial charge in [-0.25, -0.2) is 25.6 Å². The van der Waals surface area contributed by atoms with Crippen molar-refractivity contribution in [3.8, 4) is 0 Å². The van der Waals surface area contributed by atoms with Crippen LogP contribution in [-0.2, 0) is 20.0 Å². The first kappa shape index (κ1) is 20.8. The molecule has 152 valence electrons. The van der Waals surface area contributed by atoms with E-state index in [9.17, 15) is 25.6 Å². The molecule has 0 amide bonds. The summed E-state index contributed by atoms with van der Waals surface area (Å²) < 4.78 is 80.4. The lowest BCUT2D eigenvalue weighted by molar-refractivity contribution is 0.402. The first-order valence-corrected chi connectivity index (χ1v) is 11.5. The number of hydrogen-bond acceptors (Lipinski definition) is 4. The number of hydrogen-bond donors (Lipinski definition) is 0. The Bertz CT molecular complexity index is 1070. The third-order valence-electron chi connectivity index (χ3n) is 4.58. The van der Waals surface area contributed by atoms with Gasteiger partial charge in [0.2, 0.25) is 20.0 Å². The molecule has 0 N–H and O–H groups in total. The van der Waals surface area contributed by atoms with Gasteiger partial charge in [-0.2, -0.15) is 8.61 Å². The first-order chi connectivity index (χ1) is 13.1. The largest absolute Gasteiger partial charge is 0.246 e. The molecule has 0 spiro atoms. The minimum absolute atomic E-state index is 0.0407. The van der Waals surface area contributed by atoms with Crippen LogP contribution >= 0.6 is 0 Å². The molecule has 0 atom stereocenters. The molecule has 0 saturated carbocycles. The smallest absolute Gasteiger partial charge is 0.207 e. The summed E-state index contributed by atoms with van der Waals surface area (Å²) in [6, 6.07) is 8.68. The van der Waals surface area contributed by atoms with Crippen molar-refractivity contribution in [1.82, 2.24) is 8.61 Å². The highest BCUT2D eigenvalue weighted by Crippen LogP contribution is 2.23. The maximum atomic E-state index is 14.0. The maximum Gasteiger partial charge on any atom is 0.246 e. The van der Waals surface area contributed by atoms with Crippen molar-refractivity contribution in [2.24, 2.45) is 0 Å². The fourth-order valence-electron chi connectivity index (χ4n) is 3.03. The van der Waals surface area contributed by atoms with Gasteiger partial charge in [-0.05, 0) is 37.6 Å². The van der Waals surface area contributed by atoms with Gasteiger partial charge in [0.15, 0.2) is 0 Å². The molecule has 1 fully saturated rings. The van der Waals surface area contributed by atoms with Crippen molar-refractivity contribution < 1.29 is 25.6 Å². The number of benzene rings is 2. The van der Waals surface area contributed by atoms with Gasteiger partial charge in [0.1, 0.15) is 16.5 Å². The fourth-order valence-corrected chi connectivity index (χ4v) is 6.02. The molecule has 3 rings (SSSR count). The van der Waals surface area contributed by atoms with Gasteiger partial charge in [0.25, 0.3) is 0 Å². The zero-order valence-electron chi connectivity index (χ0n) is 15.2. The summed E-state index contributed by atoms with van der Waals surface area (Å²) in [6.45, 7) is 1.86. The molecule has 0 radical (unpaired) electrons. The van der Waals surface area contributed by atoms with Crippen LogP contribution in [0.3, 0.4) is 0 Å². The molecule has 0 aromatic heterocycles. The zero-order valence-corrected chi connectivity index (χ0v) is 16.8. The third kappa shape index (κ3) is 4.09. The second-order valence-electron chi connectivity index (χ2n) is 6.55. The predicted octanol–water partition coefficient (Wildman–Crippen LogP) is 2.36. The van der Waals surface area contributed by atoms with Crippen LogP contribution in [0.2, 0.25) is 0 Å². The molecular formula is C18H20F2N2O4S2. The molecule has 1 aliphatic rings. The van der Waals surface area contributed by atoms with Crippen LogP contribution in [0, 0.1) is 18.6 Å². The maximum absolute atomic E-state index is 14.0. The van der Waals surface area contributed by atoms with Crippen LogP contribution in [-0.4, -0.2) is 51.6 Å². The molecule has 1 aliphatic heterocycles. The SMILES string of the molecule is Cc1ccc(S(=O)(=O)N2CCCN(S(=O)(=O)c3ccc(F)cc3F)CC2)cc1. The minimum Gasteiger partial charge on any atom is -0.207 e. The van der Waals surface area contributed by atoms with Crippen molar-refractivity contribution in [2.45, 2.75) is 23.1 Å². The minimum atomic E-state index is -4.20. The number of halogens is 2. The number of aryl methyl sites for hydroxylation is 1. The second-order valence-corrected chi connectivity index (χ2v) is 10.4. The summed E-state index contributed by atoms with van der Waals surface area (Å²) in [5.74, 6) is -2.05. The van der Waals surface area contributed by atoms with Gasteiger partial charge in [-0.1, -0.05) is 17.7 Å². The van der Waals surface area contributed by atoms with E-state index < -0.39 is 36.6 Å². The molecule has 10 heteroatoms. The average molecular weight is 430 g/mol. The van der Waals surface area contributed by atoms with Crippen LogP contribution < -0.4 is 0 Å². The van der Waals surface area contributed by atoms with Gasteiger partial charge in [0.05, 0.1) is 4.90 Å². The molecule has 0 aliphatic carbocycles. The summed E-state index contributed by atoms with van der Waals surface area (Å²) in [4.78, 5) is -0.484. The Labute approximate surface area is 163 Å². The van der Waals surface area contributed by atoms with Crippen molar-refractivity contribution in [2.75, 3.05) is 26.2 Å². The van der Waals surface area contributed by atoms with Crippen LogP contribution in [0.4, 0.5) is 8.78 Å². The molecule has 1 heterocycles. The second kappa shape index (κ2) is 7.86. The Balaban J connectivity index is 1.82. The lowest BCUT2D eigenvalue weighted by Gasteiger charge is -2.22. The van der Waals surface area contributed by atoms with Gasteiger partial charge >= 0.3 is 0 Å². The zero-order chi connectivity index (χ0) is 20.5. The molecule has 6 nitrogen and oxygen atoms in total. The van der Waals surface area contributed by atoms with Crippen molar-refractivity contribution in [3.63, 3.8) is 0 Å². The summed E-state index contributed by atoms with van der Waals surface area (Å²) >= 11 is 0. The topological polar surface area (TPSA) is 74.8 Å². The molecule has 0 unspecified atom stereocenters. The number of nitrogens with zero attached hydrogens (tertiary/aromatic N) is 2. The highest BCUT2D eigenvalue weighted by Gasteiger charge is 2.33. The molecule has 1 saturated heterocycles. The van der Waals surface area contributed by atoms with Crippen LogP contribution in [0.1, 0.15) is 12.0 Å². The fraction of sp³-hybridized carbons (Fsp3) is 0.333. The Morgan fingerprint density at radius 1 is 0.786 bits per heavy atom. The van der Waals surface area contributed by atoms with E-state index in [1.807, 2.05) is 6.92 Å². The normalized spacial score (nSPS) is 17.4. The van der Waals surface area contributed by atoms with Crippen molar-refractivity contribution in [1.29, 1.82) is 0 Å². The molecule has 0 bridgehead atoms. The van der Waals surface area contributed by atoms with E-state index in [-0.39, 0.29) is 37.5 Å². The Morgan fingerprint density at radius 2 is 1.36 bits per heavy atom. The quantitative estimate of drug-likeness (QED) is 0.746. The van der Waals surface area contributed by atoms with Crippen LogP contribution in [0.25, 0.3) is 0 Å². The van der Waals surface area contributed by atoms with Crippen LogP contribution in [0.15, 0.2) is 52.3 Å². The Kier molecular flexibility index (Phi) is 5.85. The third-order valence-corrected chi connectivity index (χ3v) is 8.43. The van der Waals surface area contributed by atoms with E-state index >= 15 is 0 Å². The van der Waals surface area contributed by atoms with Crippen LogP contribution in [0.5, 0.6) is 0 Å². The molecular weight excluding hydrogens is 410 g/mol. The van der Waals surface area contributed by atoms with Crippen molar-refractivity contribution in [3.05, 3.63) is 59.7 Å². The molecule has 28 heavy (non-hydrogen) atoms. The Hall–Kier alpha value is -1.88. The highest BCUT2D eigenvalue weighted by atomic mass is 32.2. The first-order valence-electron chi connectivity index (χ1n) is 8.64. The lowest BCUT2D eigenvalue weighted by Crippen LogP contribution is -2.37. The Morgan fingerprint density at radius 3 is 1.93 bits per heavy atom. The van der Waals surface area contributed by atoms with E-state index in [1.165, 1.54) is 16.4 Å². The monoisotopic (exact) mass is 430 g/mol. The van der Waals surface area contributed by atoms with E-state index in [0.29, 0.717) is 6.07 Å². The summed E-state index contributed by atoms with van der Waals surface area (Å²) in [7, 11) is -7.96. The summed E-state index contributed by atoms with van der Waals surface area (Å²) in [5.41, 5.74) is 0.924. The standard InChI is InChI=1S/C18H20F2N2O4S2/c1-14-3-6-16(7-4-14)27(23,24)21-9-2-10-22(12-11-21)28(25,26)18-8-5-15(19)13-17(18)20/h3-8,13H,2,9-12H2,1H3. The summed E-state index contributed by atoms with van der Waals surface area (Å²) in [6.07, 6.45) is 0.257. The van der Waals surface area contributed by atoms with Gasteiger partial charge < -0.3 is 0 Å². The number of rotatable bonds is 4. The van der Waals surface area contributed by atoms with Gasteiger partial charge in [0, 0.05) is 32.2 Å². The summed E-state index contributed by atoms with van der Waals surface area (Å²) in [5, 5.41) is 0. The van der Waals surface area contributed by atoms with Crippen molar-refractivity contribution >= 4 is 20.0 Å². The molecule has 2 aromatic carbocycles. The van der Waals surface area contributed by atoms with Gasteiger partial charge in [-0.15, -0.1) is 0 Å². The van der Waals surface area contributed by atoms with E-state index in [4.69, 9.17) is 0 Å².